The van der Waals surface area contributed by atoms with Crippen LogP contribution in [0, 0.1) is 5.92 Å². The van der Waals surface area contributed by atoms with Gasteiger partial charge in [-0.1, -0.05) is 0 Å². The first-order valence-electron chi connectivity index (χ1n) is 13.4. The van der Waals surface area contributed by atoms with Gasteiger partial charge in [-0.15, -0.1) is 0 Å². The van der Waals surface area contributed by atoms with E-state index in [1.165, 1.54) is 10.9 Å². The van der Waals surface area contributed by atoms with Gasteiger partial charge in [0.15, 0.2) is 17.8 Å². The molecular weight excluding hydrogens is 488 g/mol. The summed E-state index contributed by atoms with van der Waals surface area (Å²) in [7, 11) is 2.06. The molecule has 11 nitrogen and oxygen atoms in total. The van der Waals surface area contributed by atoms with Gasteiger partial charge in [0.1, 0.15) is 0 Å². The number of nitrogens with zero attached hydrogens (tertiary/aromatic N) is 4. The summed E-state index contributed by atoms with van der Waals surface area (Å²) in [6.07, 6.45) is 9.83. The molecule has 6 rings (SSSR count). The molecule has 0 bridgehead atoms. The van der Waals surface area contributed by atoms with Crippen LogP contribution in [0.3, 0.4) is 0 Å². The van der Waals surface area contributed by atoms with E-state index < -0.39 is 0 Å². The Kier molecular flexibility index (Phi) is 7.30. The Morgan fingerprint density at radius 1 is 1.11 bits per heavy atom. The number of amides is 1. The van der Waals surface area contributed by atoms with Crippen LogP contribution in [0.15, 0.2) is 30.7 Å². The van der Waals surface area contributed by atoms with Crippen molar-refractivity contribution in [2.24, 2.45) is 13.0 Å². The molecule has 2 aromatic heterocycles. The molecule has 11 heteroatoms. The third kappa shape index (κ3) is 5.40. The molecule has 0 spiro atoms. The summed E-state index contributed by atoms with van der Waals surface area (Å²) in [5.74, 6) is 2.50. The third-order valence-corrected chi connectivity index (χ3v) is 7.53. The molecule has 202 valence electrons. The van der Waals surface area contributed by atoms with Gasteiger partial charge in [-0.25, -0.2) is 20.3 Å². The molecule has 2 fully saturated rings. The van der Waals surface area contributed by atoms with E-state index in [9.17, 15) is 4.79 Å². The number of aryl methyl sites for hydroxylation is 1. The summed E-state index contributed by atoms with van der Waals surface area (Å²) in [6.45, 7) is 4.48. The lowest BCUT2D eigenvalue weighted by Gasteiger charge is -2.32. The maximum Gasteiger partial charge on any atom is 0.278 e. The minimum Gasteiger partial charge on any atom is -0.454 e. The number of fused-ring (bicyclic) bond motifs is 2. The van der Waals surface area contributed by atoms with Gasteiger partial charge < -0.3 is 29.0 Å². The summed E-state index contributed by atoms with van der Waals surface area (Å²) in [6, 6.07) is 4.14. The molecule has 2 N–H and O–H groups in total. The van der Waals surface area contributed by atoms with Crippen LogP contribution >= 0.6 is 0 Å². The van der Waals surface area contributed by atoms with Gasteiger partial charge in [-0.2, -0.15) is 0 Å². The molecule has 2 saturated heterocycles. The lowest BCUT2D eigenvalue weighted by Crippen LogP contribution is -2.38. The topological polar surface area (TPSA) is 112 Å². The zero-order valence-electron chi connectivity index (χ0n) is 21.6. The van der Waals surface area contributed by atoms with Gasteiger partial charge >= 0.3 is 0 Å². The van der Waals surface area contributed by atoms with E-state index in [-0.39, 0.29) is 19.0 Å². The molecule has 5 heterocycles. The molecule has 0 aliphatic carbocycles. The molecule has 38 heavy (non-hydrogen) atoms. The van der Waals surface area contributed by atoms with Crippen LogP contribution in [0.2, 0.25) is 0 Å². The minimum absolute atomic E-state index is 0.285. The zero-order valence-corrected chi connectivity index (χ0v) is 21.6. The average Bonchev–Trinajstić information content (AvgIpc) is 3.55. The molecule has 3 aliphatic heterocycles. The van der Waals surface area contributed by atoms with E-state index in [0.717, 1.165) is 75.3 Å². The highest BCUT2D eigenvalue weighted by atomic mass is 16.8. The van der Waals surface area contributed by atoms with Crippen LogP contribution in [0.5, 0.6) is 11.5 Å². The predicted octanol–water partition coefficient (Wildman–Crippen LogP) is 2.89. The first-order chi connectivity index (χ1) is 18.6. The predicted molar refractivity (Wildman–Crippen MR) is 140 cm³/mol. The van der Waals surface area contributed by atoms with E-state index in [4.69, 9.17) is 19.0 Å². The summed E-state index contributed by atoms with van der Waals surface area (Å²) in [4.78, 5) is 28.7. The van der Waals surface area contributed by atoms with Crippen molar-refractivity contribution >= 4 is 22.8 Å². The fourth-order valence-corrected chi connectivity index (χ4v) is 5.33. The van der Waals surface area contributed by atoms with E-state index in [1.807, 2.05) is 0 Å². The van der Waals surface area contributed by atoms with Crippen molar-refractivity contribution in [3.05, 3.63) is 41.9 Å². The molecular formula is C27H34N6O5. The zero-order chi connectivity index (χ0) is 25.9. The number of nitrogens with one attached hydrogen (secondary N) is 2. The van der Waals surface area contributed by atoms with E-state index in [0.29, 0.717) is 24.0 Å². The highest BCUT2D eigenvalue weighted by molar-refractivity contribution is 5.92. The standard InChI is InChI=1S/C27H34N6O5/c1-32-16-20(21-10-23-24(11-22(21)32)37-17-36-23)13-28-12-18-5-7-33(8-6-18)27-29-14-19(15-30-27)26(34)31-38-25-4-2-3-9-35-25/h10-11,14-16,18,25,28H,2-9,12-13,17H2,1H3,(H,31,34). The molecule has 0 radical (unpaired) electrons. The van der Waals surface area contributed by atoms with Crippen LogP contribution in [0.25, 0.3) is 10.9 Å². The number of aromatic nitrogens is 3. The van der Waals surface area contributed by atoms with E-state index in [1.54, 1.807) is 12.4 Å². The van der Waals surface area contributed by atoms with Crippen molar-refractivity contribution in [2.75, 3.05) is 37.9 Å². The SMILES string of the molecule is Cn1cc(CNCC2CCN(c3ncc(C(=O)NOC4CCCCO4)cn3)CC2)c2cc3c(cc21)OCO3. The fraction of sp³-hybridized carbons (Fsp3) is 0.519. The Labute approximate surface area is 221 Å². The number of carbonyl (C=O) groups excluding carboxylic acids is 1. The second kappa shape index (κ2) is 11.1. The monoisotopic (exact) mass is 522 g/mol. The Bertz CT molecular complexity index is 1270. The van der Waals surface area contributed by atoms with Crippen LogP contribution < -0.4 is 25.2 Å². The number of anilines is 1. The van der Waals surface area contributed by atoms with Gasteiger partial charge in [-0.3, -0.25) is 4.79 Å². The second-order valence-corrected chi connectivity index (χ2v) is 10.2. The van der Waals surface area contributed by atoms with Crippen molar-refractivity contribution in [3.63, 3.8) is 0 Å². The Balaban J connectivity index is 0.956. The smallest absolute Gasteiger partial charge is 0.278 e. The number of carbonyl (C=O) groups is 1. The number of hydrogen-bond donors (Lipinski definition) is 2. The van der Waals surface area contributed by atoms with Crippen molar-refractivity contribution in [2.45, 2.75) is 44.9 Å². The number of benzene rings is 1. The largest absolute Gasteiger partial charge is 0.454 e. The average molecular weight is 523 g/mol. The lowest BCUT2D eigenvalue weighted by molar-refractivity contribution is -0.186. The molecule has 0 saturated carbocycles. The quantitative estimate of drug-likeness (QED) is 0.431. The van der Waals surface area contributed by atoms with E-state index >= 15 is 0 Å². The van der Waals surface area contributed by atoms with Crippen molar-refractivity contribution in [3.8, 4) is 11.5 Å². The molecule has 3 aliphatic rings. The van der Waals surface area contributed by atoms with Crippen LogP contribution in [0.1, 0.15) is 48.0 Å². The van der Waals surface area contributed by atoms with Gasteiger partial charge in [0.05, 0.1) is 11.1 Å². The first-order valence-corrected chi connectivity index (χ1v) is 13.4. The molecule has 1 unspecified atom stereocenters. The number of piperidine rings is 1. The van der Waals surface area contributed by atoms with Crippen molar-refractivity contribution < 1.29 is 23.8 Å². The lowest BCUT2D eigenvalue weighted by atomic mass is 9.97. The maximum absolute atomic E-state index is 12.3. The summed E-state index contributed by atoms with van der Waals surface area (Å²) in [5.41, 5.74) is 5.22. The van der Waals surface area contributed by atoms with Crippen molar-refractivity contribution in [1.29, 1.82) is 0 Å². The highest BCUT2D eigenvalue weighted by Crippen LogP contribution is 2.37. The van der Waals surface area contributed by atoms with Gasteiger partial charge in [0, 0.05) is 69.8 Å². The van der Waals surface area contributed by atoms with Gasteiger partial charge in [-0.05, 0) is 49.8 Å². The fourth-order valence-electron chi connectivity index (χ4n) is 5.33. The van der Waals surface area contributed by atoms with Crippen LogP contribution in [-0.4, -0.2) is 59.8 Å². The number of rotatable bonds is 8. The van der Waals surface area contributed by atoms with Gasteiger partial charge in [0.2, 0.25) is 12.7 Å². The van der Waals surface area contributed by atoms with Crippen LogP contribution in [-0.2, 0) is 23.2 Å². The van der Waals surface area contributed by atoms with Gasteiger partial charge in [0.25, 0.3) is 5.91 Å². The first kappa shape index (κ1) is 24.9. The summed E-state index contributed by atoms with van der Waals surface area (Å²) in [5, 5.41) is 4.85. The number of hydrogen-bond acceptors (Lipinski definition) is 9. The maximum atomic E-state index is 12.3. The van der Waals surface area contributed by atoms with Crippen LogP contribution in [0.4, 0.5) is 5.95 Å². The van der Waals surface area contributed by atoms with Crippen molar-refractivity contribution in [1.82, 2.24) is 25.3 Å². The number of hydroxylamine groups is 1. The molecule has 1 atom stereocenters. The normalized spacial score (nSPS) is 19.7. The Morgan fingerprint density at radius 3 is 2.66 bits per heavy atom. The summed E-state index contributed by atoms with van der Waals surface area (Å²) < 4.78 is 18.7. The van der Waals surface area contributed by atoms with E-state index in [2.05, 4.69) is 55.6 Å². The third-order valence-electron chi connectivity index (χ3n) is 7.53. The Hall–Kier alpha value is -3.41. The molecule has 1 amide bonds. The minimum atomic E-state index is -0.388. The highest BCUT2D eigenvalue weighted by Gasteiger charge is 2.22. The molecule has 3 aromatic rings. The molecule has 1 aromatic carbocycles. The second-order valence-electron chi connectivity index (χ2n) is 10.2. The Morgan fingerprint density at radius 2 is 1.89 bits per heavy atom. The number of ether oxygens (including phenoxy) is 3. The summed E-state index contributed by atoms with van der Waals surface area (Å²) >= 11 is 0.